The highest BCUT2D eigenvalue weighted by Crippen LogP contribution is 2.28. The average molecular weight is 408 g/mol. The van der Waals surface area contributed by atoms with E-state index in [1.165, 1.54) is 25.7 Å². The molecule has 3 atom stereocenters. The molecule has 0 aromatic carbocycles. The van der Waals surface area contributed by atoms with Gasteiger partial charge in [0.1, 0.15) is 6.04 Å². The van der Waals surface area contributed by atoms with Gasteiger partial charge in [0.15, 0.2) is 0 Å². The largest absolute Gasteiger partial charge is 0.369 e. The van der Waals surface area contributed by atoms with Crippen LogP contribution in [0.1, 0.15) is 85.0 Å². The minimum absolute atomic E-state index is 0.0529. The molecule has 1 aliphatic heterocycles. The molecule has 3 N–H and O–H groups in total. The number of nitrogens with one attached hydrogen (secondary N) is 1. The van der Waals surface area contributed by atoms with Gasteiger partial charge < -0.3 is 16.0 Å². The smallest absolute Gasteiger partial charge is 0.245 e. The molecule has 29 heavy (non-hydrogen) atoms. The minimum atomic E-state index is -0.476. The van der Waals surface area contributed by atoms with Crippen molar-refractivity contribution < 1.29 is 14.4 Å². The Bertz CT molecular complexity index is 558. The third-order valence-corrected chi connectivity index (χ3v) is 6.56. The number of likely N-dealkylation sites (tertiary alicyclic amines) is 1. The van der Waals surface area contributed by atoms with Crippen LogP contribution in [-0.2, 0) is 14.4 Å². The third kappa shape index (κ3) is 7.00. The van der Waals surface area contributed by atoms with Crippen LogP contribution in [0, 0.1) is 23.7 Å². The fourth-order valence-corrected chi connectivity index (χ4v) is 5.02. The summed E-state index contributed by atoms with van der Waals surface area (Å²) >= 11 is 0. The Morgan fingerprint density at radius 3 is 2.34 bits per heavy atom. The predicted molar refractivity (Wildman–Crippen MR) is 115 cm³/mol. The van der Waals surface area contributed by atoms with E-state index in [9.17, 15) is 14.4 Å². The molecule has 0 radical (unpaired) electrons. The van der Waals surface area contributed by atoms with Crippen LogP contribution >= 0.6 is 0 Å². The first-order valence-electron chi connectivity index (χ1n) is 11.7. The SMILES string of the molecule is CCC[C@H](C(N)=O)[C@@H](CC(C)C)C(=O)N[C@H]1CCCCN(CC2CCCC2)C1=O. The molecule has 166 valence electrons. The molecule has 6 nitrogen and oxygen atoms in total. The molecule has 6 heteroatoms. The quantitative estimate of drug-likeness (QED) is 0.582. The van der Waals surface area contributed by atoms with Crippen LogP contribution in [0.5, 0.6) is 0 Å². The van der Waals surface area contributed by atoms with E-state index in [-0.39, 0.29) is 17.7 Å². The van der Waals surface area contributed by atoms with Gasteiger partial charge in [0.05, 0.1) is 0 Å². The number of rotatable bonds is 10. The molecule has 2 aliphatic rings. The van der Waals surface area contributed by atoms with E-state index in [4.69, 9.17) is 5.73 Å². The number of hydrogen-bond acceptors (Lipinski definition) is 3. The number of carbonyl (C=O) groups is 3. The molecule has 2 fully saturated rings. The number of primary amides is 1. The van der Waals surface area contributed by atoms with E-state index < -0.39 is 23.8 Å². The Kier molecular flexibility index (Phi) is 9.44. The van der Waals surface area contributed by atoms with Gasteiger partial charge in [-0.25, -0.2) is 0 Å². The summed E-state index contributed by atoms with van der Waals surface area (Å²) in [6.07, 6.45) is 9.52. The van der Waals surface area contributed by atoms with Crippen molar-refractivity contribution in [1.29, 1.82) is 0 Å². The van der Waals surface area contributed by atoms with Gasteiger partial charge in [-0.2, -0.15) is 0 Å². The number of amides is 3. The summed E-state index contributed by atoms with van der Waals surface area (Å²) in [5.74, 6) is -0.611. The molecule has 0 aromatic rings. The summed E-state index contributed by atoms with van der Waals surface area (Å²) in [7, 11) is 0. The monoisotopic (exact) mass is 407 g/mol. The Balaban J connectivity index is 2.08. The fourth-order valence-electron chi connectivity index (χ4n) is 5.02. The van der Waals surface area contributed by atoms with Crippen molar-refractivity contribution >= 4 is 17.7 Å². The fraction of sp³-hybridized carbons (Fsp3) is 0.870. The van der Waals surface area contributed by atoms with Crippen molar-refractivity contribution in [2.45, 2.75) is 91.0 Å². The van der Waals surface area contributed by atoms with E-state index >= 15 is 0 Å². The molecule has 0 unspecified atom stereocenters. The van der Waals surface area contributed by atoms with E-state index in [0.717, 1.165) is 32.4 Å². The highest BCUT2D eigenvalue weighted by Gasteiger charge is 2.36. The van der Waals surface area contributed by atoms with E-state index in [1.54, 1.807) is 0 Å². The number of carbonyl (C=O) groups excluding carboxylic acids is 3. The van der Waals surface area contributed by atoms with Crippen LogP contribution in [0.3, 0.4) is 0 Å². The van der Waals surface area contributed by atoms with E-state index in [2.05, 4.69) is 5.32 Å². The summed E-state index contributed by atoms with van der Waals surface area (Å²) in [5, 5.41) is 3.02. The summed E-state index contributed by atoms with van der Waals surface area (Å²) in [4.78, 5) is 40.4. The lowest BCUT2D eigenvalue weighted by molar-refractivity contribution is -0.139. The Hall–Kier alpha value is -1.59. The highest BCUT2D eigenvalue weighted by atomic mass is 16.2. The van der Waals surface area contributed by atoms with Crippen molar-refractivity contribution in [3.8, 4) is 0 Å². The summed E-state index contributed by atoms with van der Waals surface area (Å²) in [6.45, 7) is 7.70. The predicted octanol–water partition coefficient (Wildman–Crippen LogP) is 3.24. The molecule has 1 aliphatic carbocycles. The topological polar surface area (TPSA) is 92.5 Å². The van der Waals surface area contributed by atoms with Gasteiger partial charge in [-0.05, 0) is 56.8 Å². The van der Waals surface area contributed by atoms with Crippen LogP contribution in [0.25, 0.3) is 0 Å². The zero-order valence-corrected chi connectivity index (χ0v) is 18.6. The maximum atomic E-state index is 13.2. The molecule has 0 bridgehead atoms. The molecule has 1 saturated heterocycles. The lowest BCUT2D eigenvalue weighted by Gasteiger charge is -2.30. The molecular formula is C23H41N3O3. The number of nitrogens with two attached hydrogens (primary N) is 1. The summed E-state index contributed by atoms with van der Waals surface area (Å²) in [5.41, 5.74) is 5.64. The van der Waals surface area contributed by atoms with Crippen LogP contribution in [0.15, 0.2) is 0 Å². The first-order valence-corrected chi connectivity index (χ1v) is 11.7. The van der Waals surface area contributed by atoms with Crippen LogP contribution in [0.4, 0.5) is 0 Å². The lowest BCUT2D eigenvalue weighted by Crippen LogP contribution is -2.51. The molecular weight excluding hydrogens is 366 g/mol. The number of nitrogens with zero attached hydrogens (tertiary/aromatic N) is 1. The molecule has 2 rings (SSSR count). The Morgan fingerprint density at radius 2 is 1.76 bits per heavy atom. The second-order valence-corrected chi connectivity index (χ2v) is 9.53. The Morgan fingerprint density at radius 1 is 1.10 bits per heavy atom. The third-order valence-electron chi connectivity index (χ3n) is 6.56. The minimum Gasteiger partial charge on any atom is -0.369 e. The maximum absolute atomic E-state index is 13.2. The van der Waals surface area contributed by atoms with Crippen LogP contribution < -0.4 is 11.1 Å². The van der Waals surface area contributed by atoms with Crippen LogP contribution in [0.2, 0.25) is 0 Å². The first-order chi connectivity index (χ1) is 13.8. The number of hydrogen-bond donors (Lipinski definition) is 2. The molecule has 0 spiro atoms. The van der Waals surface area contributed by atoms with Crippen molar-refractivity contribution in [1.82, 2.24) is 10.2 Å². The molecule has 0 aromatic heterocycles. The van der Waals surface area contributed by atoms with Gasteiger partial charge in [0.25, 0.3) is 0 Å². The van der Waals surface area contributed by atoms with Gasteiger partial charge >= 0.3 is 0 Å². The molecule has 1 saturated carbocycles. The zero-order valence-electron chi connectivity index (χ0n) is 18.6. The van der Waals surface area contributed by atoms with Gasteiger partial charge in [0.2, 0.25) is 17.7 Å². The zero-order chi connectivity index (χ0) is 21.4. The highest BCUT2D eigenvalue weighted by molar-refractivity contribution is 5.91. The van der Waals surface area contributed by atoms with Gasteiger partial charge in [-0.3, -0.25) is 14.4 Å². The summed E-state index contributed by atoms with van der Waals surface area (Å²) < 4.78 is 0. The van der Waals surface area contributed by atoms with E-state index in [1.807, 2.05) is 25.7 Å². The van der Waals surface area contributed by atoms with Gasteiger partial charge in [-0.15, -0.1) is 0 Å². The van der Waals surface area contributed by atoms with Gasteiger partial charge in [-0.1, -0.05) is 40.0 Å². The van der Waals surface area contributed by atoms with Crippen molar-refractivity contribution in [3.63, 3.8) is 0 Å². The molecule has 1 heterocycles. The molecule has 3 amide bonds. The van der Waals surface area contributed by atoms with Crippen LogP contribution in [-0.4, -0.2) is 41.8 Å². The second-order valence-electron chi connectivity index (χ2n) is 9.53. The second kappa shape index (κ2) is 11.6. The normalized spacial score (nSPS) is 23.1. The van der Waals surface area contributed by atoms with Crippen molar-refractivity contribution in [2.24, 2.45) is 29.4 Å². The summed E-state index contributed by atoms with van der Waals surface area (Å²) in [6, 6.07) is -0.476. The van der Waals surface area contributed by atoms with Crippen molar-refractivity contribution in [3.05, 3.63) is 0 Å². The van der Waals surface area contributed by atoms with Crippen molar-refractivity contribution in [2.75, 3.05) is 13.1 Å². The first kappa shape index (κ1) is 23.7. The average Bonchev–Trinajstić information content (AvgIpc) is 3.11. The van der Waals surface area contributed by atoms with Gasteiger partial charge in [0, 0.05) is 24.9 Å². The Labute approximate surface area is 176 Å². The van der Waals surface area contributed by atoms with E-state index in [0.29, 0.717) is 25.2 Å². The lowest BCUT2D eigenvalue weighted by atomic mass is 9.81. The standard InChI is InChI=1S/C23H41N3O3/c1-4-9-18(21(24)27)19(14-16(2)3)22(28)25-20-12-7-8-13-26(23(20)29)15-17-10-5-6-11-17/h16-20H,4-15H2,1-3H3,(H2,24,27)(H,25,28)/t18-,19+,20-/m0/s1. The maximum Gasteiger partial charge on any atom is 0.245 e.